The zero-order chi connectivity index (χ0) is 20.1. The first-order chi connectivity index (χ1) is 13.3. The van der Waals surface area contributed by atoms with Crippen LogP contribution < -0.4 is 5.32 Å². The van der Waals surface area contributed by atoms with Gasteiger partial charge >= 0.3 is 0 Å². The first-order valence-corrected chi connectivity index (χ1v) is 11.1. The van der Waals surface area contributed by atoms with E-state index in [1.807, 2.05) is 61.5 Å². The molecule has 0 aliphatic heterocycles. The largest absolute Gasteiger partial charge is 0.341 e. The van der Waals surface area contributed by atoms with Crippen molar-refractivity contribution in [2.45, 2.75) is 18.7 Å². The second-order valence-corrected chi connectivity index (χ2v) is 9.14. The minimum Gasteiger partial charge on any atom is -0.341 e. The first kappa shape index (κ1) is 19.8. The summed E-state index contributed by atoms with van der Waals surface area (Å²) >= 11 is 0. The third kappa shape index (κ3) is 5.30. The van der Waals surface area contributed by atoms with E-state index < -0.39 is 9.84 Å². The zero-order valence-corrected chi connectivity index (χ0v) is 16.7. The van der Waals surface area contributed by atoms with E-state index in [9.17, 15) is 13.2 Å². The highest BCUT2D eigenvalue weighted by Crippen LogP contribution is 2.23. The molecule has 0 saturated heterocycles. The summed E-state index contributed by atoms with van der Waals surface area (Å²) in [6.07, 6.45) is 1.18. The average Bonchev–Trinajstić information content (AvgIpc) is 2.66. The molecule has 1 atom stereocenters. The minimum atomic E-state index is -3.16. The lowest BCUT2D eigenvalue weighted by Gasteiger charge is -2.20. The molecular formula is C23H23NO3S. The van der Waals surface area contributed by atoms with Gasteiger partial charge in [0, 0.05) is 11.8 Å². The Morgan fingerprint density at radius 1 is 0.893 bits per heavy atom. The molecule has 0 fully saturated rings. The lowest BCUT2D eigenvalue weighted by molar-refractivity contribution is 0.0943. The summed E-state index contributed by atoms with van der Waals surface area (Å²) < 4.78 is 23.1. The van der Waals surface area contributed by atoms with Crippen LogP contribution in [0.5, 0.6) is 0 Å². The third-order valence-corrected chi connectivity index (χ3v) is 5.29. The Kier molecular flexibility index (Phi) is 5.95. The summed E-state index contributed by atoms with van der Waals surface area (Å²) in [4.78, 5) is 12.9. The van der Waals surface area contributed by atoms with Gasteiger partial charge in [-0.25, -0.2) is 8.42 Å². The Bertz CT molecular complexity index is 1060. The van der Waals surface area contributed by atoms with Gasteiger partial charge in [0.1, 0.15) is 0 Å². The van der Waals surface area contributed by atoms with Gasteiger partial charge in [0.15, 0.2) is 9.84 Å². The van der Waals surface area contributed by atoms with Crippen LogP contribution in [0.3, 0.4) is 0 Å². The monoisotopic (exact) mass is 393 g/mol. The molecule has 28 heavy (non-hydrogen) atoms. The SMILES string of the molecule is Cc1ccc(C(NC(=O)c2cccc(CS(C)(=O)=O)c2)c2ccccc2)cc1. The Balaban J connectivity index is 1.90. The van der Waals surface area contributed by atoms with E-state index in [4.69, 9.17) is 0 Å². The number of sulfone groups is 1. The normalized spacial score (nSPS) is 12.4. The van der Waals surface area contributed by atoms with Crippen LogP contribution in [0.15, 0.2) is 78.9 Å². The molecule has 0 aliphatic carbocycles. The topological polar surface area (TPSA) is 63.2 Å². The smallest absolute Gasteiger partial charge is 0.252 e. The number of rotatable bonds is 6. The van der Waals surface area contributed by atoms with Crippen LogP contribution in [0.25, 0.3) is 0 Å². The number of nitrogens with one attached hydrogen (secondary N) is 1. The molecule has 144 valence electrons. The van der Waals surface area contributed by atoms with Crippen LogP contribution in [0, 0.1) is 6.92 Å². The highest BCUT2D eigenvalue weighted by atomic mass is 32.2. The summed E-state index contributed by atoms with van der Waals surface area (Å²) in [6, 6.07) is 24.3. The molecule has 4 nitrogen and oxygen atoms in total. The van der Waals surface area contributed by atoms with E-state index >= 15 is 0 Å². The Labute approximate surface area is 166 Å². The lowest BCUT2D eigenvalue weighted by Crippen LogP contribution is -2.29. The van der Waals surface area contributed by atoms with Crippen molar-refractivity contribution in [2.24, 2.45) is 0 Å². The van der Waals surface area contributed by atoms with Gasteiger partial charge in [0.2, 0.25) is 0 Å². The molecule has 0 saturated carbocycles. The molecule has 0 aliphatic rings. The molecule has 3 rings (SSSR count). The van der Waals surface area contributed by atoms with Gasteiger partial charge in [-0.05, 0) is 35.7 Å². The molecule has 0 bridgehead atoms. The molecule has 0 radical (unpaired) electrons. The third-order valence-electron chi connectivity index (χ3n) is 4.44. The summed E-state index contributed by atoms with van der Waals surface area (Å²) in [6.45, 7) is 2.02. The second kappa shape index (κ2) is 8.40. The average molecular weight is 394 g/mol. The van der Waals surface area contributed by atoms with Crippen molar-refractivity contribution in [3.63, 3.8) is 0 Å². The predicted octanol–water partition coefficient (Wildman–Crippen LogP) is 4.06. The summed E-state index contributed by atoms with van der Waals surface area (Å²) in [5.74, 6) is -0.335. The summed E-state index contributed by atoms with van der Waals surface area (Å²) in [5, 5.41) is 3.09. The number of amides is 1. The predicted molar refractivity (Wildman–Crippen MR) is 112 cm³/mol. The van der Waals surface area contributed by atoms with Crippen molar-refractivity contribution in [2.75, 3.05) is 6.26 Å². The molecule has 3 aromatic carbocycles. The van der Waals surface area contributed by atoms with Gasteiger partial charge in [-0.3, -0.25) is 4.79 Å². The molecule has 5 heteroatoms. The van der Waals surface area contributed by atoms with E-state index in [-0.39, 0.29) is 17.7 Å². The first-order valence-electron chi connectivity index (χ1n) is 9.01. The van der Waals surface area contributed by atoms with E-state index in [0.717, 1.165) is 16.7 Å². The van der Waals surface area contributed by atoms with Crippen molar-refractivity contribution in [3.8, 4) is 0 Å². The molecule has 3 aromatic rings. The molecular weight excluding hydrogens is 370 g/mol. The van der Waals surface area contributed by atoms with Gasteiger partial charge in [-0.2, -0.15) is 0 Å². The lowest BCUT2D eigenvalue weighted by atomic mass is 9.97. The Morgan fingerprint density at radius 2 is 1.54 bits per heavy atom. The molecule has 1 N–H and O–H groups in total. The van der Waals surface area contributed by atoms with Crippen LogP contribution in [0.4, 0.5) is 0 Å². The van der Waals surface area contributed by atoms with E-state index in [2.05, 4.69) is 5.32 Å². The van der Waals surface area contributed by atoms with Crippen LogP contribution in [0.1, 0.15) is 38.7 Å². The number of carbonyl (C=O) groups is 1. The molecule has 1 unspecified atom stereocenters. The van der Waals surface area contributed by atoms with Crippen LogP contribution in [-0.4, -0.2) is 20.6 Å². The number of carbonyl (C=O) groups excluding carboxylic acids is 1. The molecule has 0 heterocycles. The van der Waals surface area contributed by atoms with Crippen LogP contribution in [-0.2, 0) is 15.6 Å². The molecule has 1 amide bonds. The minimum absolute atomic E-state index is 0.0891. The summed E-state index contributed by atoms with van der Waals surface area (Å²) in [7, 11) is -3.16. The fourth-order valence-electron chi connectivity index (χ4n) is 3.08. The maximum absolute atomic E-state index is 12.9. The van der Waals surface area contributed by atoms with Gasteiger partial charge < -0.3 is 5.32 Å². The molecule has 0 aromatic heterocycles. The maximum Gasteiger partial charge on any atom is 0.252 e. The number of benzene rings is 3. The van der Waals surface area contributed by atoms with Gasteiger partial charge in [0.25, 0.3) is 5.91 Å². The second-order valence-electron chi connectivity index (χ2n) is 7.00. The van der Waals surface area contributed by atoms with Crippen molar-refractivity contribution in [1.29, 1.82) is 0 Å². The van der Waals surface area contributed by atoms with Crippen molar-refractivity contribution < 1.29 is 13.2 Å². The maximum atomic E-state index is 12.9. The zero-order valence-electron chi connectivity index (χ0n) is 15.9. The number of hydrogen-bond acceptors (Lipinski definition) is 3. The van der Waals surface area contributed by atoms with Gasteiger partial charge in [0.05, 0.1) is 11.8 Å². The summed E-state index contributed by atoms with van der Waals surface area (Å²) in [5.41, 5.74) is 4.15. The van der Waals surface area contributed by atoms with Crippen LogP contribution in [0.2, 0.25) is 0 Å². The van der Waals surface area contributed by atoms with Crippen molar-refractivity contribution >= 4 is 15.7 Å². The van der Waals surface area contributed by atoms with Gasteiger partial charge in [-0.1, -0.05) is 72.3 Å². The van der Waals surface area contributed by atoms with Crippen LogP contribution >= 0.6 is 0 Å². The number of hydrogen-bond donors (Lipinski definition) is 1. The fraction of sp³-hybridized carbons (Fsp3) is 0.174. The van der Waals surface area contributed by atoms with E-state index in [1.165, 1.54) is 6.26 Å². The fourth-order valence-corrected chi connectivity index (χ4v) is 3.87. The Morgan fingerprint density at radius 3 is 2.18 bits per heavy atom. The quantitative estimate of drug-likeness (QED) is 0.687. The number of aryl methyl sites for hydroxylation is 1. The highest BCUT2D eigenvalue weighted by molar-refractivity contribution is 7.89. The van der Waals surface area contributed by atoms with E-state index in [1.54, 1.807) is 24.3 Å². The molecule has 0 spiro atoms. The van der Waals surface area contributed by atoms with Gasteiger partial charge in [-0.15, -0.1) is 0 Å². The standard InChI is InChI=1S/C23H23NO3S/c1-17-11-13-20(14-12-17)22(19-8-4-3-5-9-19)24-23(25)21-10-6-7-18(15-21)16-28(2,26)27/h3-15,22H,16H2,1-2H3,(H,24,25). The Hall–Kier alpha value is -2.92. The van der Waals surface area contributed by atoms with Crippen molar-refractivity contribution in [1.82, 2.24) is 5.32 Å². The highest BCUT2D eigenvalue weighted by Gasteiger charge is 2.18. The van der Waals surface area contributed by atoms with Crippen molar-refractivity contribution in [3.05, 3.63) is 107 Å². The van der Waals surface area contributed by atoms with E-state index in [0.29, 0.717) is 11.1 Å².